The van der Waals surface area contributed by atoms with Crippen LogP contribution in [0.1, 0.15) is 34.5 Å². The Morgan fingerprint density at radius 3 is 1.88 bits per heavy atom. The molecule has 0 saturated carbocycles. The quantitative estimate of drug-likeness (QED) is 0.410. The molecule has 1 aliphatic rings. The molecule has 0 atom stereocenters. The summed E-state index contributed by atoms with van der Waals surface area (Å²) in [6, 6.07) is 14.5. The molecule has 1 aromatic heterocycles. The van der Waals surface area contributed by atoms with Gasteiger partial charge in [-0.1, -0.05) is 84.8 Å². The smallest absolute Gasteiger partial charge is 0.399 e. The highest BCUT2D eigenvalue weighted by Gasteiger charge is 2.52. The number of rotatable bonds is 4. The lowest BCUT2D eigenvalue weighted by Crippen LogP contribution is -2.41. The van der Waals surface area contributed by atoms with Crippen molar-refractivity contribution >= 4 is 12.6 Å². The van der Waals surface area contributed by atoms with Crippen molar-refractivity contribution < 1.29 is 16.2 Å². The van der Waals surface area contributed by atoms with Crippen LogP contribution >= 0.6 is 0 Å². The van der Waals surface area contributed by atoms with Gasteiger partial charge in [0.2, 0.25) is 0 Å². The van der Waals surface area contributed by atoms with Crippen LogP contribution in [0.2, 0.25) is 0 Å². The van der Waals surface area contributed by atoms with Crippen molar-refractivity contribution in [3.05, 3.63) is 84.8 Å². The molecule has 0 spiro atoms. The number of hydrogen-bond acceptors (Lipinski definition) is 5. The van der Waals surface area contributed by atoms with E-state index in [1.165, 1.54) is 0 Å². The Morgan fingerprint density at radius 2 is 1.21 bits per heavy atom. The molecule has 0 amide bonds. The second kappa shape index (κ2) is 8.21. The summed E-state index contributed by atoms with van der Waals surface area (Å²) in [5.41, 5.74) is 0.820. The van der Waals surface area contributed by atoms with Crippen LogP contribution in [0.5, 0.6) is 0 Å². The van der Waals surface area contributed by atoms with Crippen LogP contribution in [-0.4, -0.2) is 33.3 Å². The van der Waals surface area contributed by atoms with Gasteiger partial charge in [-0.3, -0.25) is 0 Å². The minimum atomic E-state index is -0.683. The average molecular weight is 440 g/mol. The third-order valence-corrected chi connectivity index (χ3v) is 6.10. The normalized spacial score (nSPS) is 18.8. The van der Waals surface area contributed by atoms with Crippen LogP contribution in [0.15, 0.2) is 84.8 Å². The minimum absolute atomic E-state index is 0.0189. The van der Waals surface area contributed by atoms with Crippen molar-refractivity contribution in [2.45, 2.75) is 38.9 Å². The van der Waals surface area contributed by atoms with Gasteiger partial charge >= 0.3 is 7.12 Å². The van der Waals surface area contributed by atoms with E-state index in [0.717, 1.165) is 0 Å². The first-order valence-corrected chi connectivity index (χ1v) is 10.7. The Morgan fingerprint density at radius 1 is 0.667 bits per heavy atom. The van der Waals surface area contributed by atoms with E-state index in [-0.39, 0.29) is 29.3 Å². The van der Waals surface area contributed by atoms with Crippen LogP contribution in [0.3, 0.4) is 0 Å². The van der Waals surface area contributed by atoms with E-state index in [0.29, 0.717) is 22.4 Å². The van der Waals surface area contributed by atoms with Gasteiger partial charge in [0.25, 0.3) is 0 Å². The van der Waals surface area contributed by atoms with Gasteiger partial charge in [0.05, 0.1) is 18.1 Å². The number of hydrogen-bond donors (Lipinski definition) is 0. The Labute approximate surface area is 202 Å². The topological polar surface area (TPSA) is 57.1 Å². The first kappa shape index (κ1) is 16.3. The fourth-order valence-electron chi connectivity index (χ4n) is 3.56. The lowest BCUT2D eigenvalue weighted by molar-refractivity contribution is 0.00578. The maximum atomic E-state index is 8.48. The number of aromatic nitrogens is 3. The standard InChI is InChI=1S/C27H26BN3O2/c1-26(2)27(3,4)33-28(32-26)22-18-12-11-17-21(22)25-30-23(19-13-7-5-8-14-19)29-24(31-25)20-15-9-6-10-16-20/h5-18H,1-4H3/i5D,7D,8D,13D,14D. The van der Waals surface area contributed by atoms with Crippen LogP contribution < -0.4 is 5.46 Å². The Hall–Kier alpha value is -3.35. The van der Waals surface area contributed by atoms with Gasteiger partial charge < -0.3 is 9.31 Å². The van der Waals surface area contributed by atoms with E-state index in [2.05, 4.69) is 9.97 Å². The average Bonchev–Trinajstić information content (AvgIpc) is 3.13. The van der Waals surface area contributed by atoms with Crippen LogP contribution in [0.25, 0.3) is 34.2 Å². The zero-order chi connectivity index (χ0) is 27.4. The van der Waals surface area contributed by atoms with E-state index in [9.17, 15) is 0 Å². The molecule has 0 radical (unpaired) electrons. The highest BCUT2D eigenvalue weighted by atomic mass is 16.7. The molecular weight excluding hydrogens is 409 g/mol. The molecule has 164 valence electrons. The molecule has 33 heavy (non-hydrogen) atoms. The predicted octanol–water partition coefficient (Wildman–Crippen LogP) is 5.17. The summed E-state index contributed by atoms with van der Waals surface area (Å²) in [7, 11) is -0.683. The van der Waals surface area contributed by atoms with Gasteiger partial charge in [0, 0.05) is 16.7 Å². The SMILES string of the molecule is [2H]c1c([2H])c([2H])c(-c2nc(-c3ccccc3)nc(-c3ccccc3B3OC(C)(C)C(C)(C)O3)n2)c([2H])c1[2H]. The van der Waals surface area contributed by atoms with E-state index in [1.807, 2.05) is 82.3 Å². The molecule has 1 fully saturated rings. The molecule has 5 rings (SSSR count). The van der Waals surface area contributed by atoms with Crippen molar-refractivity contribution in [1.82, 2.24) is 15.0 Å². The molecule has 0 aliphatic carbocycles. The molecule has 4 aromatic rings. The molecule has 0 bridgehead atoms. The van der Waals surface area contributed by atoms with E-state index in [4.69, 9.17) is 21.1 Å². The molecule has 5 nitrogen and oxygen atoms in total. The first-order chi connectivity index (χ1) is 17.9. The molecule has 0 unspecified atom stereocenters. The second-order valence-electron chi connectivity index (χ2n) is 8.85. The van der Waals surface area contributed by atoms with Crippen molar-refractivity contribution in [3.63, 3.8) is 0 Å². The van der Waals surface area contributed by atoms with E-state index in [1.54, 1.807) is 0 Å². The summed E-state index contributed by atoms with van der Waals surface area (Å²) >= 11 is 0. The third-order valence-electron chi connectivity index (χ3n) is 6.10. The van der Waals surface area contributed by atoms with Crippen LogP contribution in [0.4, 0.5) is 0 Å². The van der Waals surface area contributed by atoms with Gasteiger partial charge in [-0.15, -0.1) is 0 Å². The summed E-state index contributed by atoms with van der Waals surface area (Å²) in [6.45, 7) is 7.90. The maximum Gasteiger partial charge on any atom is 0.495 e. The fraction of sp³-hybridized carbons (Fsp3) is 0.222. The van der Waals surface area contributed by atoms with Gasteiger partial charge in [-0.05, 0) is 33.2 Å². The minimum Gasteiger partial charge on any atom is -0.399 e. The van der Waals surface area contributed by atoms with Crippen molar-refractivity contribution in [2.75, 3.05) is 0 Å². The molecule has 0 N–H and O–H groups in total. The lowest BCUT2D eigenvalue weighted by atomic mass is 9.75. The molecule has 3 aromatic carbocycles. The van der Waals surface area contributed by atoms with Gasteiger partial charge in [-0.25, -0.2) is 15.0 Å². The predicted molar refractivity (Wildman–Crippen MR) is 132 cm³/mol. The molecular formula is C27H26BN3O2. The van der Waals surface area contributed by atoms with Crippen molar-refractivity contribution in [3.8, 4) is 34.2 Å². The van der Waals surface area contributed by atoms with Gasteiger partial charge in [-0.2, -0.15) is 0 Å². The Kier molecular flexibility index (Phi) is 4.06. The molecule has 1 saturated heterocycles. The third kappa shape index (κ3) is 4.08. The molecule has 2 heterocycles. The first-order valence-electron chi connectivity index (χ1n) is 13.2. The van der Waals surface area contributed by atoms with E-state index < -0.39 is 36.4 Å². The lowest BCUT2D eigenvalue weighted by Gasteiger charge is -2.32. The zero-order valence-electron chi connectivity index (χ0n) is 23.9. The highest BCUT2D eigenvalue weighted by Crippen LogP contribution is 2.37. The highest BCUT2D eigenvalue weighted by molar-refractivity contribution is 6.63. The van der Waals surface area contributed by atoms with Gasteiger partial charge in [0.15, 0.2) is 17.5 Å². The zero-order valence-corrected chi connectivity index (χ0v) is 18.9. The Bertz CT molecular complexity index is 1500. The molecule has 6 heteroatoms. The fourth-order valence-corrected chi connectivity index (χ4v) is 3.56. The maximum absolute atomic E-state index is 8.48. The molecule has 1 aliphatic heterocycles. The summed E-state index contributed by atoms with van der Waals surface area (Å²) in [6.07, 6.45) is 0. The largest absolute Gasteiger partial charge is 0.495 e. The number of benzene rings is 3. The van der Waals surface area contributed by atoms with E-state index >= 15 is 0 Å². The van der Waals surface area contributed by atoms with Crippen molar-refractivity contribution in [2.24, 2.45) is 0 Å². The van der Waals surface area contributed by atoms with Crippen molar-refractivity contribution in [1.29, 1.82) is 0 Å². The summed E-state index contributed by atoms with van der Waals surface area (Å²) in [4.78, 5) is 13.9. The number of nitrogens with zero attached hydrogens (tertiary/aromatic N) is 3. The Balaban J connectivity index is 1.75. The van der Waals surface area contributed by atoms with Crippen LogP contribution in [-0.2, 0) is 9.31 Å². The summed E-state index contributed by atoms with van der Waals surface area (Å²) in [5, 5.41) is 0. The van der Waals surface area contributed by atoms with Gasteiger partial charge in [0.1, 0.15) is 0 Å². The monoisotopic (exact) mass is 440 g/mol. The summed E-state index contributed by atoms with van der Waals surface area (Å²) < 4.78 is 53.8. The second-order valence-corrected chi connectivity index (χ2v) is 8.85. The summed E-state index contributed by atoms with van der Waals surface area (Å²) in [5.74, 6) is 0.557. The van der Waals surface area contributed by atoms with Crippen LogP contribution in [0, 0.1) is 0 Å².